The van der Waals surface area contributed by atoms with Gasteiger partial charge in [0.1, 0.15) is 0 Å². The van der Waals surface area contributed by atoms with E-state index in [-0.39, 0.29) is 12.3 Å². The summed E-state index contributed by atoms with van der Waals surface area (Å²) in [6.45, 7) is 8.49. The monoisotopic (exact) mass is 283 g/mol. The molecule has 1 unspecified atom stereocenters. The van der Waals surface area contributed by atoms with Crippen molar-refractivity contribution in [3.63, 3.8) is 0 Å². The molecular formula is C15H29N3O2. The van der Waals surface area contributed by atoms with E-state index in [9.17, 15) is 0 Å². The van der Waals surface area contributed by atoms with Gasteiger partial charge in [0.05, 0.1) is 12.2 Å². The summed E-state index contributed by atoms with van der Waals surface area (Å²) in [6.07, 6.45) is 6.88. The lowest BCUT2D eigenvalue weighted by Gasteiger charge is -2.27. The summed E-state index contributed by atoms with van der Waals surface area (Å²) >= 11 is 0. The minimum Gasteiger partial charge on any atom is -0.351 e. The highest BCUT2D eigenvalue weighted by Gasteiger charge is 2.21. The molecule has 5 heteroatoms. The highest BCUT2D eigenvalue weighted by Crippen LogP contribution is 2.11. The molecule has 0 bridgehead atoms. The summed E-state index contributed by atoms with van der Waals surface area (Å²) in [4.78, 5) is 0. The van der Waals surface area contributed by atoms with E-state index in [1.807, 2.05) is 31.8 Å². The normalized spacial score (nSPS) is 13.1. The van der Waals surface area contributed by atoms with E-state index >= 15 is 0 Å². The van der Waals surface area contributed by atoms with Crippen LogP contribution in [0.4, 0.5) is 0 Å². The number of hydrogen-bond donors (Lipinski definition) is 1. The first-order valence-corrected chi connectivity index (χ1v) is 7.65. The van der Waals surface area contributed by atoms with E-state index in [1.54, 1.807) is 0 Å². The van der Waals surface area contributed by atoms with Crippen LogP contribution in [0.15, 0.2) is 12.4 Å². The third-order valence-corrected chi connectivity index (χ3v) is 3.15. The summed E-state index contributed by atoms with van der Waals surface area (Å²) in [6, 6.07) is 0.218. The maximum absolute atomic E-state index is 5.73. The molecule has 1 N–H and O–H groups in total. The molecule has 1 aromatic heterocycles. The van der Waals surface area contributed by atoms with Gasteiger partial charge in [-0.25, -0.2) is 0 Å². The van der Waals surface area contributed by atoms with Gasteiger partial charge in [-0.1, -0.05) is 6.92 Å². The molecule has 1 heterocycles. The molecule has 0 fully saturated rings. The molecule has 0 aliphatic rings. The quantitative estimate of drug-likeness (QED) is 0.632. The van der Waals surface area contributed by atoms with Gasteiger partial charge in [0.15, 0.2) is 6.29 Å². The van der Waals surface area contributed by atoms with Crippen molar-refractivity contribution in [1.29, 1.82) is 0 Å². The van der Waals surface area contributed by atoms with Gasteiger partial charge in [0.2, 0.25) is 0 Å². The van der Waals surface area contributed by atoms with Crippen LogP contribution in [0.25, 0.3) is 0 Å². The molecule has 0 saturated heterocycles. The number of nitrogens with one attached hydrogen (secondary N) is 1. The van der Waals surface area contributed by atoms with E-state index < -0.39 is 0 Å². The molecule has 1 aromatic rings. The lowest BCUT2D eigenvalue weighted by molar-refractivity contribution is -0.154. The molecule has 0 aromatic carbocycles. The molecule has 20 heavy (non-hydrogen) atoms. The van der Waals surface area contributed by atoms with Gasteiger partial charge in [-0.15, -0.1) is 0 Å². The molecule has 0 aliphatic carbocycles. The summed E-state index contributed by atoms with van der Waals surface area (Å²) in [5.41, 5.74) is 1.25. The van der Waals surface area contributed by atoms with Crippen LogP contribution in [0.3, 0.4) is 0 Å². The Hall–Kier alpha value is -0.910. The molecule has 0 aliphatic heterocycles. The van der Waals surface area contributed by atoms with Crippen LogP contribution in [0.2, 0.25) is 0 Å². The number of aryl methyl sites for hydroxylation is 2. The van der Waals surface area contributed by atoms with Crippen LogP contribution < -0.4 is 5.32 Å². The fourth-order valence-corrected chi connectivity index (χ4v) is 2.20. The van der Waals surface area contributed by atoms with E-state index in [1.165, 1.54) is 5.56 Å². The first-order chi connectivity index (χ1) is 9.71. The van der Waals surface area contributed by atoms with Gasteiger partial charge >= 0.3 is 0 Å². The van der Waals surface area contributed by atoms with Crippen molar-refractivity contribution in [2.75, 3.05) is 19.8 Å². The average Bonchev–Trinajstić information content (AvgIpc) is 2.85. The van der Waals surface area contributed by atoms with Crippen molar-refractivity contribution < 1.29 is 9.47 Å². The molecule has 0 amide bonds. The second kappa shape index (κ2) is 9.91. The van der Waals surface area contributed by atoms with Crippen molar-refractivity contribution in [1.82, 2.24) is 15.1 Å². The largest absolute Gasteiger partial charge is 0.351 e. The maximum Gasteiger partial charge on any atom is 0.172 e. The predicted molar refractivity (Wildman–Crippen MR) is 80.7 cm³/mol. The van der Waals surface area contributed by atoms with Crippen molar-refractivity contribution in [2.24, 2.45) is 7.05 Å². The van der Waals surface area contributed by atoms with Crippen LogP contribution in [-0.4, -0.2) is 41.9 Å². The minimum atomic E-state index is -0.173. The zero-order valence-electron chi connectivity index (χ0n) is 13.3. The van der Waals surface area contributed by atoms with E-state index in [2.05, 4.69) is 23.5 Å². The van der Waals surface area contributed by atoms with Crippen LogP contribution in [0, 0.1) is 0 Å². The number of ether oxygens (including phenoxy) is 2. The molecular weight excluding hydrogens is 254 g/mol. The second-order valence-corrected chi connectivity index (χ2v) is 4.90. The third kappa shape index (κ3) is 6.03. The Morgan fingerprint density at radius 1 is 1.25 bits per heavy atom. The standard InChI is InChI=1S/C15H29N3O2/c1-5-10-16-14(15(19-6-2)20-7-3)9-8-13-11-17-18(4)12-13/h11-12,14-16H,5-10H2,1-4H3. The average molecular weight is 283 g/mol. The van der Waals surface area contributed by atoms with Crippen LogP contribution in [-0.2, 0) is 22.9 Å². The third-order valence-electron chi connectivity index (χ3n) is 3.15. The first kappa shape index (κ1) is 17.1. The van der Waals surface area contributed by atoms with E-state index in [0.29, 0.717) is 13.2 Å². The summed E-state index contributed by atoms with van der Waals surface area (Å²) in [5, 5.41) is 7.75. The Morgan fingerprint density at radius 2 is 1.95 bits per heavy atom. The SMILES string of the molecule is CCCNC(CCc1cnn(C)c1)C(OCC)OCC. The van der Waals surface area contributed by atoms with Crippen molar-refractivity contribution in [3.05, 3.63) is 18.0 Å². The highest BCUT2D eigenvalue weighted by atomic mass is 16.7. The van der Waals surface area contributed by atoms with Gasteiger partial charge in [0, 0.05) is 26.5 Å². The molecule has 1 atom stereocenters. The van der Waals surface area contributed by atoms with Gasteiger partial charge in [-0.05, 0) is 45.2 Å². The minimum absolute atomic E-state index is 0.173. The fourth-order valence-electron chi connectivity index (χ4n) is 2.20. The molecule has 0 radical (unpaired) electrons. The Bertz CT molecular complexity index is 349. The second-order valence-electron chi connectivity index (χ2n) is 4.90. The number of rotatable bonds is 11. The zero-order valence-corrected chi connectivity index (χ0v) is 13.3. The molecule has 0 spiro atoms. The molecule has 5 nitrogen and oxygen atoms in total. The van der Waals surface area contributed by atoms with Crippen molar-refractivity contribution >= 4 is 0 Å². The van der Waals surface area contributed by atoms with Gasteiger partial charge < -0.3 is 14.8 Å². The Balaban J connectivity index is 2.56. The maximum atomic E-state index is 5.73. The van der Waals surface area contributed by atoms with Crippen molar-refractivity contribution in [3.8, 4) is 0 Å². The van der Waals surface area contributed by atoms with E-state index in [4.69, 9.17) is 9.47 Å². The van der Waals surface area contributed by atoms with Gasteiger partial charge in [-0.2, -0.15) is 5.10 Å². The predicted octanol–water partition coefficient (Wildman–Crippen LogP) is 2.12. The Kier molecular flexibility index (Phi) is 8.49. The summed E-state index contributed by atoms with van der Waals surface area (Å²) in [5.74, 6) is 0. The van der Waals surface area contributed by atoms with E-state index in [0.717, 1.165) is 25.8 Å². The van der Waals surface area contributed by atoms with Crippen LogP contribution in [0.1, 0.15) is 39.2 Å². The summed E-state index contributed by atoms with van der Waals surface area (Å²) in [7, 11) is 1.94. The topological polar surface area (TPSA) is 48.3 Å². The van der Waals surface area contributed by atoms with Gasteiger partial charge in [-0.3, -0.25) is 4.68 Å². The Labute approximate surface area is 122 Å². The Morgan fingerprint density at radius 3 is 2.45 bits per heavy atom. The van der Waals surface area contributed by atoms with Crippen LogP contribution in [0.5, 0.6) is 0 Å². The first-order valence-electron chi connectivity index (χ1n) is 7.65. The smallest absolute Gasteiger partial charge is 0.172 e. The highest BCUT2D eigenvalue weighted by molar-refractivity contribution is 5.04. The number of nitrogens with zero attached hydrogens (tertiary/aromatic N) is 2. The molecule has 116 valence electrons. The number of aromatic nitrogens is 2. The zero-order chi connectivity index (χ0) is 14.8. The van der Waals surface area contributed by atoms with Crippen molar-refractivity contribution in [2.45, 2.75) is 52.4 Å². The number of hydrogen-bond acceptors (Lipinski definition) is 4. The van der Waals surface area contributed by atoms with Crippen LogP contribution >= 0.6 is 0 Å². The van der Waals surface area contributed by atoms with Gasteiger partial charge in [0.25, 0.3) is 0 Å². The lowest BCUT2D eigenvalue weighted by Crippen LogP contribution is -2.43. The molecule has 1 rings (SSSR count). The molecule has 0 saturated carbocycles. The lowest BCUT2D eigenvalue weighted by atomic mass is 10.1. The summed E-state index contributed by atoms with van der Waals surface area (Å²) < 4.78 is 13.3. The fraction of sp³-hybridized carbons (Fsp3) is 0.800.